The van der Waals surface area contributed by atoms with Crippen molar-refractivity contribution in [2.45, 2.75) is 32.4 Å². The van der Waals surface area contributed by atoms with Crippen molar-refractivity contribution in [3.63, 3.8) is 0 Å². The zero-order chi connectivity index (χ0) is 11.1. The van der Waals surface area contributed by atoms with Crippen LogP contribution in [0.5, 0.6) is 0 Å². The molecule has 0 aliphatic rings. The number of hydrogen-bond donors (Lipinski definition) is 0. The van der Waals surface area contributed by atoms with Crippen LogP contribution in [0.4, 0.5) is 13.2 Å². The Labute approximate surface area is 80.7 Å². The van der Waals surface area contributed by atoms with Crippen LogP contribution in [-0.2, 0) is 18.6 Å². The van der Waals surface area contributed by atoms with Gasteiger partial charge in [0.15, 0.2) is 0 Å². The Kier molecular flexibility index (Phi) is 2.37. The minimum Gasteiger partial charge on any atom is -0.263 e. The standard InChI is InChI=1S/C9H13F3N2/c1-8(2,3)6-5-13-14(4)7(6)9(10,11)12/h5H,1-4H3. The summed E-state index contributed by atoms with van der Waals surface area (Å²) in [5.74, 6) is 0. The summed E-state index contributed by atoms with van der Waals surface area (Å²) in [5, 5.41) is 3.65. The lowest BCUT2D eigenvalue weighted by Gasteiger charge is -2.20. The van der Waals surface area contributed by atoms with Crippen molar-refractivity contribution in [2.75, 3.05) is 0 Å². The van der Waals surface area contributed by atoms with Crippen LogP contribution in [0.1, 0.15) is 32.0 Å². The highest BCUT2D eigenvalue weighted by atomic mass is 19.4. The van der Waals surface area contributed by atoms with E-state index in [2.05, 4.69) is 5.10 Å². The van der Waals surface area contributed by atoms with Gasteiger partial charge in [-0.15, -0.1) is 0 Å². The molecule has 1 heterocycles. The predicted octanol–water partition coefficient (Wildman–Crippen LogP) is 2.74. The Bertz CT molecular complexity index is 331. The number of alkyl halides is 3. The maximum atomic E-state index is 12.6. The average Bonchev–Trinajstić information content (AvgIpc) is 2.27. The molecular formula is C9H13F3N2. The highest BCUT2D eigenvalue weighted by Crippen LogP contribution is 2.36. The van der Waals surface area contributed by atoms with Crippen molar-refractivity contribution in [1.82, 2.24) is 9.78 Å². The Balaban J connectivity index is 3.35. The molecule has 80 valence electrons. The number of aromatic nitrogens is 2. The maximum Gasteiger partial charge on any atom is 0.433 e. The summed E-state index contributed by atoms with van der Waals surface area (Å²) in [6, 6.07) is 0. The molecule has 0 amide bonds. The maximum absolute atomic E-state index is 12.6. The van der Waals surface area contributed by atoms with E-state index in [9.17, 15) is 13.2 Å². The summed E-state index contributed by atoms with van der Waals surface area (Å²) >= 11 is 0. The van der Waals surface area contributed by atoms with Gasteiger partial charge in [-0.3, -0.25) is 4.68 Å². The molecule has 0 radical (unpaired) electrons. The van der Waals surface area contributed by atoms with Crippen LogP contribution < -0.4 is 0 Å². The van der Waals surface area contributed by atoms with E-state index < -0.39 is 17.3 Å². The molecule has 2 nitrogen and oxygen atoms in total. The molecule has 0 saturated heterocycles. The van der Waals surface area contributed by atoms with Crippen LogP contribution in [0.15, 0.2) is 6.20 Å². The summed E-state index contributed by atoms with van der Waals surface area (Å²) in [4.78, 5) is 0. The van der Waals surface area contributed by atoms with E-state index in [1.54, 1.807) is 20.8 Å². The first-order valence-electron chi connectivity index (χ1n) is 4.23. The smallest absolute Gasteiger partial charge is 0.263 e. The van der Waals surface area contributed by atoms with Gasteiger partial charge in [0.25, 0.3) is 0 Å². The van der Waals surface area contributed by atoms with Gasteiger partial charge in [-0.2, -0.15) is 18.3 Å². The van der Waals surface area contributed by atoms with Crippen LogP contribution >= 0.6 is 0 Å². The fourth-order valence-corrected chi connectivity index (χ4v) is 1.32. The topological polar surface area (TPSA) is 17.8 Å². The van der Waals surface area contributed by atoms with E-state index in [0.29, 0.717) is 0 Å². The summed E-state index contributed by atoms with van der Waals surface area (Å²) in [6.45, 7) is 5.21. The third-order valence-corrected chi connectivity index (χ3v) is 2.02. The minimum atomic E-state index is -4.34. The molecule has 0 bridgehead atoms. The molecule has 0 aliphatic heterocycles. The second-order valence-corrected chi connectivity index (χ2v) is 4.28. The lowest BCUT2D eigenvalue weighted by atomic mass is 9.87. The summed E-state index contributed by atoms with van der Waals surface area (Å²) < 4.78 is 38.7. The number of rotatable bonds is 0. The first-order chi connectivity index (χ1) is 6.14. The predicted molar refractivity (Wildman–Crippen MR) is 46.9 cm³/mol. The average molecular weight is 206 g/mol. The van der Waals surface area contributed by atoms with Crippen LogP contribution in [0.3, 0.4) is 0 Å². The van der Waals surface area contributed by atoms with Crippen molar-refractivity contribution in [1.29, 1.82) is 0 Å². The molecule has 0 N–H and O–H groups in total. The third kappa shape index (κ3) is 1.91. The van der Waals surface area contributed by atoms with Crippen LogP contribution in [0, 0.1) is 0 Å². The largest absolute Gasteiger partial charge is 0.433 e. The molecule has 14 heavy (non-hydrogen) atoms. The molecule has 0 aliphatic carbocycles. The van der Waals surface area contributed by atoms with Gasteiger partial charge in [0.05, 0.1) is 6.20 Å². The first kappa shape index (κ1) is 11.1. The Morgan fingerprint density at radius 1 is 1.21 bits per heavy atom. The van der Waals surface area contributed by atoms with E-state index in [4.69, 9.17) is 0 Å². The van der Waals surface area contributed by atoms with Crippen LogP contribution in [0.2, 0.25) is 0 Å². The Morgan fingerprint density at radius 2 is 1.71 bits per heavy atom. The van der Waals surface area contributed by atoms with E-state index in [-0.39, 0.29) is 5.56 Å². The molecule has 0 atom stereocenters. The van der Waals surface area contributed by atoms with E-state index in [1.807, 2.05) is 0 Å². The zero-order valence-electron chi connectivity index (χ0n) is 8.61. The first-order valence-corrected chi connectivity index (χ1v) is 4.23. The third-order valence-electron chi connectivity index (χ3n) is 2.02. The fraction of sp³-hybridized carbons (Fsp3) is 0.667. The quantitative estimate of drug-likeness (QED) is 0.638. The van der Waals surface area contributed by atoms with Crippen molar-refractivity contribution in [3.8, 4) is 0 Å². The summed E-state index contributed by atoms with van der Waals surface area (Å²) in [7, 11) is 1.30. The normalized spacial score (nSPS) is 13.4. The SMILES string of the molecule is Cn1ncc(C(C)(C)C)c1C(F)(F)F. The van der Waals surface area contributed by atoms with Gasteiger partial charge in [-0.05, 0) is 5.41 Å². The lowest BCUT2D eigenvalue weighted by molar-refractivity contribution is -0.144. The fourth-order valence-electron chi connectivity index (χ4n) is 1.32. The van der Waals surface area contributed by atoms with Gasteiger partial charge >= 0.3 is 6.18 Å². The Morgan fingerprint density at radius 3 is 2.00 bits per heavy atom. The van der Waals surface area contributed by atoms with Gasteiger partial charge in [0.1, 0.15) is 5.69 Å². The number of aryl methyl sites for hydroxylation is 1. The minimum absolute atomic E-state index is 0.229. The summed E-state index contributed by atoms with van der Waals surface area (Å²) in [6.07, 6.45) is -3.06. The van der Waals surface area contributed by atoms with Gasteiger partial charge < -0.3 is 0 Å². The number of halogens is 3. The van der Waals surface area contributed by atoms with Crippen molar-refractivity contribution in [2.24, 2.45) is 7.05 Å². The van der Waals surface area contributed by atoms with Crippen molar-refractivity contribution < 1.29 is 13.2 Å². The molecule has 5 heteroatoms. The second kappa shape index (κ2) is 3.00. The molecule has 0 spiro atoms. The summed E-state index contributed by atoms with van der Waals surface area (Å²) in [5.41, 5.74) is -0.975. The van der Waals surface area contributed by atoms with Crippen LogP contribution in [0.25, 0.3) is 0 Å². The molecule has 0 aromatic carbocycles. The van der Waals surface area contributed by atoms with E-state index in [1.165, 1.54) is 13.2 Å². The van der Waals surface area contributed by atoms with Crippen LogP contribution in [-0.4, -0.2) is 9.78 Å². The van der Waals surface area contributed by atoms with Gasteiger partial charge in [0.2, 0.25) is 0 Å². The molecule has 1 aromatic heterocycles. The van der Waals surface area contributed by atoms with Gasteiger partial charge in [-0.1, -0.05) is 20.8 Å². The highest BCUT2D eigenvalue weighted by Gasteiger charge is 2.40. The molecule has 1 rings (SSSR count). The van der Waals surface area contributed by atoms with Gasteiger partial charge in [0, 0.05) is 12.6 Å². The second-order valence-electron chi connectivity index (χ2n) is 4.28. The molecular weight excluding hydrogens is 193 g/mol. The van der Waals surface area contributed by atoms with E-state index >= 15 is 0 Å². The Hall–Kier alpha value is -1.00. The van der Waals surface area contributed by atoms with Gasteiger partial charge in [-0.25, -0.2) is 0 Å². The zero-order valence-corrected chi connectivity index (χ0v) is 8.61. The highest BCUT2D eigenvalue weighted by molar-refractivity contribution is 5.27. The molecule has 0 unspecified atom stereocenters. The molecule has 0 fully saturated rings. The number of hydrogen-bond acceptors (Lipinski definition) is 1. The van der Waals surface area contributed by atoms with Crippen molar-refractivity contribution >= 4 is 0 Å². The van der Waals surface area contributed by atoms with Crippen molar-refractivity contribution in [3.05, 3.63) is 17.5 Å². The number of nitrogens with zero attached hydrogens (tertiary/aromatic N) is 2. The molecule has 0 saturated carbocycles. The lowest BCUT2D eigenvalue weighted by Crippen LogP contribution is -2.20. The monoisotopic (exact) mass is 206 g/mol. The van der Waals surface area contributed by atoms with E-state index in [0.717, 1.165) is 4.68 Å². The molecule has 1 aromatic rings.